The zero-order valence-electron chi connectivity index (χ0n) is 16.6. The van der Waals surface area contributed by atoms with Crippen LogP contribution in [0.15, 0.2) is 41.1 Å². The molecule has 0 saturated heterocycles. The van der Waals surface area contributed by atoms with E-state index in [0.29, 0.717) is 28.8 Å². The quantitative estimate of drug-likeness (QED) is 0.521. The van der Waals surface area contributed by atoms with Crippen LogP contribution in [0.2, 0.25) is 0 Å². The average molecular weight is 410 g/mol. The van der Waals surface area contributed by atoms with Crippen molar-refractivity contribution in [2.24, 2.45) is 0 Å². The molecule has 0 unspecified atom stereocenters. The van der Waals surface area contributed by atoms with E-state index in [1.807, 2.05) is 19.9 Å². The van der Waals surface area contributed by atoms with Gasteiger partial charge in [0.1, 0.15) is 0 Å². The lowest BCUT2D eigenvalue weighted by Gasteiger charge is -2.06. The van der Waals surface area contributed by atoms with E-state index in [2.05, 4.69) is 25.7 Å². The van der Waals surface area contributed by atoms with Crippen LogP contribution in [0.1, 0.15) is 41.8 Å². The highest BCUT2D eigenvalue weighted by molar-refractivity contribution is 5.94. The summed E-state index contributed by atoms with van der Waals surface area (Å²) in [5.41, 5.74) is 1.34. The van der Waals surface area contributed by atoms with Crippen molar-refractivity contribution in [1.82, 2.24) is 30.1 Å². The Labute approximate surface area is 170 Å². The molecule has 3 aromatic heterocycles. The first kappa shape index (κ1) is 19.5. The van der Waals surface area contributed by atoms with Gasteiger partial charge < -0.3 is 14.6 Å². The normalized spacial score (nSPS) is 11.2. The molecule has 0 atom stereocenters. The number of carbonyl (C=O) groups is 1. The maximum atomic E-state index is 13.8. The Bertz CT molecular complexity index is 1220. The van der Waals surface area contributed by atoms with Crippen LogP contribution < -0.4 is 10.1 Å². The van der Waals surface area contributed by atoms with Crippen LogP contribution in [0.4, 0.5) is 4.39 Å². The summed E-state index contributed by atoms with van der Waals surface area (Å²) in [6, 6.07) is 7.62. The third-order valence-corrected chi connectivity index (χ3v) is 4.51. The Kier molecular flexibility index (Phi) is 5.13. The average Bonchev–Trinajstić information content (AvgIpc) is 3.39. The first-order valence-electron chi connectivity index (χ1n) is 9.26. The van der Waals surface area contributed by atoms with Crippen LogP contribution in [-0.4, -0.2) is 37.8 Å². The van der Waals surface area contributed by atoms with E-state index in [9.17, 15) is 9.18 Å². The number of carbonyl (C=O) groups excluding carboxylic acids is 1. The molecule has 0 aliphatic rings. The van der Waals surface area contributed by atoms with Gasteiger partial charge in [0, 0.05) is 17.7 Å². The second-order valence-electron chi connectivity index (χ2n) is 6.88. The second kappa shape index (κ2) is 7.90. The minimum absolute atomic E-state index is 0.0733. The van der Waals surface area contributed by atoms with Gasteiger partial charge in [0.2, 0.25) is 0 Å². The van der Waals surface area contributed by atoms with E-state index in [1.54, 1.807) is 16.7 Å². The summed E-state index contributed by atoms with van der Waals surface area (Å²) in [4.78, 5) is 16.8. The van der Waals surface area contributed by atoms with Gasteiger partial charge in [-0.1, -0.05) is 19.0 Å². The number of amides is 1. The van der Waals surface area contributed by atoms with Crippen LogP contribution in [-0.2, 0) is 6.54 Å². The number of rotatable bonds is 6. The Morgan fingerprint density at radius 3 is 2.83 bits per heavy atom. The van der Waals surface area contributed by atoms with Crippen molar-refractivity contribution in [2.75, 3.05) is 7.11 Å². The highest BCUT2D eigenvalue weighted by Gasteiger charge is 2.18. The molecular weight excluding hydrogens is 391 g/mol. The molecule has 30 heavy (non-hydrogen) atoms. The number of nitrogens with one attached hydrogen (secondary N) is 1. The third kappa shape index (κ3) is 3.59. The van der Waals surface area contributed by atoms with E-state index >= 15 is 0 Å². The Morgan fingerprint density at radius 2 is 2.13 bits per heavy atom. The monoisotopic (exact) mass is 410 g/mol. The first-order chi connectivity index (χ1) is 14.5. The summed E-state index contributed by atoms with van der Waals surface area (Å²) in [7, 11) is 1.36. The van der Waals surface area contributed by atoms with Gasteiger partial charge in [-0.05, 0) is 30.3 Å². The van der Waals surface area contributed by atoms with Crippen molar-refractivity contribution in [3.8, 4) is 17.2 Å². The van der Waals surface area contributed by atoms with Gasteiger partial charge in [0.15, 0.2) is 28.9 Å². The molecule has 0 spiro atoms. The summed E-state index contributed by atoms with van der Waals surface area (Å²) in [6.45, 7) is 4.04. The number of hydrogen-bond donors (Lipinski definition) is 1. The van der Waals surface area contributed by atoms with Crippen LogP contribution in [0, 0.1) is 5.82 Å². The van der Waals surface area contributed by atoms with Crippen molar-refractivity contribution >= 4 is 11.6 Å². The van der Waals surface area contributed by atoms with E-state index < -0.39 is 11.7 Å². The molecule has 0 saturated carbocycles. The fourth-order valence-electron chi connectivity index (χ4n) is 2.90. The fourth-order valence-corrected chi connectivity index (χ4v) is 2.90. The third-order valence-electron chi connectivity index (χ3n) is 4.51. The molecule has 0 aliphatic heterocycles. The maximum absolute atomic E-state index is 13.8. The molecule has 0 bridgehead atoms. The van der Waals surface area contributed by atoms with Gasteiger partial charge in [-0.15, -0.1) is 10.2 Å². The number of fused-ring (bicyclic) bond motifs is 1. The van der Waals surface area contributed by atoms with Crippen LogP contribution in [0.5, 0.6) is 5.75 Å². The smallest absolute Gasteiger partial charge is 0.261 e. The molecular formula is C20H19FN6O3. The van der Waals surface area contributed by atoms with Crippen molar-refractivity contribution in [3.63, 3.8) is 0 Å². The Balaban J connectivity index is 1.55. The number of halogens is 1. The van der Waals surface area contributed by atoms with Crippen molar-refractivity contribution in [1.29, 1.82) is 0 Å². The van der Waals surface area contributed by atoms with Crippen LogP contribution in [0.3, 0.4) is 0 Å². The fraction of sp³-hybridized carbons (Fsp3) is 0.250. The zero-order valence-corrected chi connectivity index (χ0v) is 16.6. The van der Waals surface area contributed by atoms with Crippen LogP contribution in [0.25, 0.3) is 17.1 Å². The predicted molar refractivity (Wildman–Crippen MR) is 104 cm³/mol. The lowest BCUT2D eigenvalue weighted by atomic mass is 10.2. The van der Waals surface area contributed by atoms with Gasteiger partial charge >= 0.3 is 0 Å². The molecule has 4 rings (SSSR count). The lowest BCUT2D eigenvalue weighted by Crippen LogP contribution is -2.24. The molecule has 0 fully saturated rings. The number of pyridine rings is 1. The van der Waals surface area contributed by atoms with Crippen molar-refractivity contribution in [2.45, 2.75) is 26.3 Å². The van der Waals surface area contributed by atoms with E-state index in [-0.39, 0.29) is 23.8 Å². The molecule has 9 nitrogen and oxygen atoms in total. The standard InChI is InChI=1S/C20H19FN6O3/c1-11(2)17-23-20(30-26-17)13-5-4-8-27-16(24-25-18(13)27)10-22-19(28)12-6-7-15(29-3)14(21)9-12/h4-9,11H,10H2,1-3H3,(H,22,28). The van der Waals surface area contributed by atoms with E-state index in [0.717, 1.165) is 6.07 Å². The number of methoxy groups -OCH3 is 1. The Hall–Kier alpha value is -3.82. The highest BCUT2D eigenvalue weighted by Crippen LogP contribution is 2.24. The van der Waals surface area contributed by atoms with E-state index in [1.165, 1.54) is 19.2 Å². The Morgan fingerprint density at radius 1 is 1.30 bits per heavy atom. The molecule has 0 radical (unpaired) electrons. The SMILES string of the molecule is COc1ccc(C(=O)NCc2nnc3c(-c4nc(C(C)C)no4)cccn23)cc1F. The number of benzene rings is 1. The molecule has 1 aromatic carbocycles. The summed E-state index contributed by atoms with van der Waals surface area (Å²) < 4.78 is 25.8. The van der Waals surface area contributed by atoms with Gasteiger partial charge in [0.05, 0.1) is 19.2 Å². The number of aromatic nitrogens is 5. The summed E-state index contributed by atoms with van der Waals surface area (Å²) in [5.74, 6) is 0.605. The van der Waals surface area contributed by atoms with Gasteiger partial charge in [-0.3, -0.25) is 9.20 Å². The summed E-state index contributed by atoms with van der Waals surface area (Å²) >= 11 is 0. The second-order valence-corrected chi connectivity index (χ2v) is 6.88. The number of ether oxygens (including phenoxy) is 1. The molecule has 0 aliphatic carbocycles. The molecule has 1 N–H and O–H groups in total. The molecule has 4 aromatic rings. The number of nitrogens with zero attached hydrogens (tertiary/aromatic N) is 5. The number of hydrogen-bond acceptors (Lipinski definition) is 7. The lowest BCUT2D eigenvalue weighted by molar-refractivity contribution is 0.0949. The van der Waals surface area contributed by atoms with Crippen molar-refractivity contribution in [3.05, 3.63) is 59.6 Å². The topological polar surface area (TPSA) is 107 Å². The highest BCUT2D eigenvalue weighted by atomic mass is 19.1. The largest absolute Gasteiger partial charge is 0.494 e. The molecule has 1 amide bonds. The molecule has 10 heteroatoms. The first-order valence-corrected chi connectivity index (χ1v) is 9.26. The summed E-state index contributed by atoms with van der Waals surface area (Å²) in [5, 5.41) is 15.0. The minimum atomic E-state index is -0.608. The van der Waals surface area contributed by atoms with Gasteiger partial charge in [-0.2, -0.15) is 4.98 Å². The minimum Gasteiger partial charge on any atom is -0.494 e. The van der Waals surface area contributed by atoms with Gasteiger partial charge in [0.25, 0.3) is 11.8 Å². The van der Waals surface area contributed by atoms with Crippen molar-refractivity contribution < 1.29 is 18.4 Å². The zero-order chi connectivity index (χ0) is 21.3. The molecule has 3 heterocycles. The summed E-state index contributed by atoms with van der Waals surface area (Å²) in [6.07, 6.45) is 1.77. The van der Waals surface area contributed by atoms with E-state index in [4.69, 9.17) is 9.26 Å². The maximum Gasteiger partial charge on any atom is 0.261 e. The van der Waals surface area contributed by atoms with Crippen LogP contribution >= 0.6 is 0 Å². The molecule has 154 valence electrons. The predicted octanol–water partition coefficient (Wildman–Crippen LogP) is 2.98. The van der Waals surface area contributed by atoms with Gasteiger partial charge in [-0.25, -0.2) is 4.39 Å².